The number of hydrogen-bond acceptors (Lipinski definition) is 10. The zero-order valence-corrected chi connectivity index (χ0v) is 42.4. The van der Waals surface area contributed by atoms with Gasteiger partial charge in [0.2, 0.25) is 0 Å². The molecule has 6 aromatic carbocycles. The molecule has 6 aromatic rings. The zero-order chi connectivity index (χ0) is 47.7. The van der Waals surface area contributed by atoms with Crippen LogP contribution in [0.1, 0.15) is 27.8 Å². The first-order valence-electron chi connectivity index (χ1n) is 23.6. The van der Waals surface area contributed by atoms with Crippen LogP contribution in [0.2, 0.25) is 13.1 Å². The predicted octanol–water partition coefficient (Wildman–Crippen LogP) is 9.33. The first-order valence-corrected chi connectivity index (χ1v) is 28.3. The maximum absolute atomic E-state index is 7.38. The molecule has 8 rings (SSSR count). The van der Waals surface area contributed by atoms with Crippen molar-refractivity contribution in [2.75, 3.05) is 20.3 Å². The summed E-state index contributed by atoms with van der Waals surface area (Å²) in [5.74, 6) is 0. The van der Waals surface area contributed by atoms with Crippen molar-refractivity contribution in [3.8, 4) is 0 Å². The van der Waals surface area contributed by atoms with E-state index < -0.39 is 62.6 Å². The van der Waals surface area contributed by atoms with Gasteiger partial charge in [0.05, 0.1) is 0 Å². The summed E-state index contributed by atoms with van der Waals surface area (Å²) in [4.78, 5) is 0. The standard InChI is InChI=1S/C57H64O10SeSi/c1-42-49(65-56(58-2)54(63-39-47-31-19-9-20-32-47)51(42)60-36-44-25-13-6-14-26-44)41-64-69(3,4)67-55-53(62-38-46-29-17-8-18-30-46)52(61-37-45-27-15-7-16-28-45)50(40-59-35-43-23-11-5-12-24-43)66-57(55)68-48-33-21-10-22-34-48/h5-34,49-57H,1,35-41H2,2-4H3/t49-,50+,51+,52+,53-,54-,55+,56+,57-/m0/s1. The van der Waals surface area contributed by atoms with Crippen molar-refractivity contribution in [1.29, 1.82) is 0 Å². The van der Waals surface area contributed by atoms with Crippen LogP contribution in [0.4, 0.5) is 0 Å². The average molecular weight is 1020 g/mol. The number of methoxy groups -OCH3 is 1. The van der Waals surface area contributed by atoms with Crippen molar-refractivity contribution in [2.45, 2.75) is 100 Å². The van der Waals surface area contributed by atoms with Gasteiger partial charge < -0.3 is 0 Å². The van der Waals surface area contributed by atoms with E-state index in [0.29, 0.717) is 38.6 Å². The summed E-state index contributed by atoms with van der Waals surface area (Å²) in [5, 5.41) is -0.394. The number of rotatable bonds is 24. The fraction of sp³-hybridized carbons (Fsp3) is 0.333. The van der Waals surface area contributed by atoms with Crippen LogP contribution in [0, 0.1) is 0 Å². The second-order valence-electron chi connectivity index (χ2n) is 17.6. The van der Waals surface area contributed by atoms with E-state index in [1.165, 1.54) is 4.46 Å². The second-order valence-corrected chi connectivity index (χ2v) is 23.4. The van der Waals surface area contributed by atoms with Crippen molar-refractivity contribution in [3.63, 3.8) is 0 Å². The zero-order valence-electron chi connectivity index (χ0n) is 39.7. The predicted molar refractivity (Wildman–Crippen MR) is 270 cm³/mol. The maximum atomic E-state index is 7.38. The monoisotopic (exact) mass is 1020 g/mol. The van der Waals surface area contributed by atoms with Gasteiger partial charge in [-0.2, -0.15) is 0 Å². The number of hydrogen-bond donors (Lipinski definition) is 0. The Morgan fingerprint density at radius 2 is 0.928 bits per heavy atom. The Kier molecular flexibility index (Phi) is 19.1. The van der Waals surface area contributed by atoms with Gasteiger partial charge in [-0.05, 0) is 5.56 Å². The Morgan fingerprint density at radius 3 is 1.42 bits per heavy atom. The van der Waals surface area contributed by atoms with Crippen LogP contribution in [0.15, 0.2) is 194 Å². The second kappa shape index (κ2) is 26.0. The normalized spacial score (nSPS) is 24.0. The van der Waals surface area contributed by atoms with Crippen molar-refractivity contribution in [1.82, 2.24) is 0 Å². The Morgan fingerprint density at radius 1 is 0.493 bits per heavy atom. The van der Waals surface area contributed by atoms with E-state index in [4.69, 9.17) is 46.7 Å². The molecule has 0 aliphatic carbocycles. The Bertz CT molecular complexity index is 2390. The quantitative estimate of drug-likeness (QED) is 0.0432. The minimum atomic E-state index is -3.09. The van der Waals surface area contributed by atoms with Gasteiger partial charge in [0.25, 0.3) is 0 Å². The molecule has 0 unspecified atom stereocenters. The summed E-state index contributed by atoms with van der Waals surface area (Å²) in [6.07, 6.45) is -4.70. The topological polar surface area (TPSA) is 92.3 Å². The molecule has 69 heavy (non-hydrogen) atoms. The summed E-state index contributed by atoms with van der Waals surface area (Å²) in [6, 6.07) is 61.1. The van der Waals surface area contributed by atoms with Crippen molar-refractivity contribution >= 4 is 28.0 Å². The molecule has 0 bridgehead atoms. The fourth-order valence-electron chi connectivity index (χ4n) is 8.39. The van der Waals surface area contributed by atoms with Gasteiger partial charge in [0, 0.05) is 0 Å². The third-order valence-electron chi connectivity index (χ3n) is 12.0. The van der Waals surface area contributed by atoms with Gasteiger partial charge in [-0.3, -0.25) is 0 Å². The Hall–Kier alpha value is -4.60. The van der Waals surface area contributed by atoms with Gasteiger partial charge >= 0.3 is 351 Å². The van der Waals surface area contributed by atoms with E-state index >= 15 is 0 Å². The molecule has 362 valence electrons. The van der Waals surface area contributed by atoms with Gasteiger partial charge in [0.15, 0.2) is 0 Å². The van der Waals surface area contributed by atoms with Crippen LogP contribution in [0.5, 0.6) is 0 Å². The van der Waals surface area contributed by atoms with E-state index in [0.717, 1.165) is 27.8 Å². The van der Waals surface area contributed by atoms with Crippen molar-refractivity contribution in [3.05, 3.63) is 222 Å². The molecule has 2 saturated heterocycles. The van der Waals surface area contributed by atoms with Crippen LogP contribution < -0.4 is 4.46 Å². The third kappa shape index (κ3) is 15.0. The van der Waals surface area contributed by atoms with Crippen LogP contribution in [-0.2, 0) is 79.8 Å². The van der Waals surface area contributed by atoms with Crippen molar-refractivity contribution in [2.24, 2.45) is 0 Å². The summed E-state index contributed by atoms with van der Waals surface area (Å²) in [6.45, 7) is 10.9. The number of benzene rings is 6. The molecule has 0 N–H and O–H groups in total. The molecule has 0 amide bonds. The Balaban J connectivity index is 1.06. The molecule has 12 heteroatoms. The molecule has 2 fully saturated rings. The molecule has 0 spiro atoms. The van der Waals surface area contributed by atoms with Crippen molar-refractivity contribution < 1.29 is 46.7 Å². The van der Waals surface area contributed by atoms with Crippen LogP contribution >= 0.6 is 0 Å². The van der Waals surface area contributed by atoms with E-state index in [1.54, 1.807) is 7.11 Å². The SMILES string of the molecule is C=C1[C@H](CO[Si](C)(C)O[C@@H]2[C@@H](OCc3ccccc3)[C@H](OCc3ccccc3)[C@@H](COCc3ccccc3)O[C@H]2[Se]c2ccccc2)O[C@@H](OC)[C@@H](OCc2ccccc2)[C@@H]1OCc1ccccc1. The summed E-state index contributed by atoms with van der Waals surface area (Å²) < 4.78 is 69.0. The molecule has 2 aliphatic heterocycles. The smallest absolute Gasteiger partial charge is 0.0622 e. The molecule has 0 radical (unpaired) electrons. The summed E-state index contributed by atoms with van der Waals surface area (Å²) in [7, 11) is -1.47. The Labute approximate surface area is 415 Å². The molecular formula is C57H64O10SeSi. The van der Waals surface area contributed by atoms with Crippen LogP contribution in [0.3, 0.4) is 0 Å². The molecule has 0 aromatic heterocycles. The summed E-state index contributed by atoms with van der Waals surface area (Å²) in [5.41, 5.74) is 5.91. The first kappa shape index (κ1) is 50.8. The van der Waals surface area contributed by atoms with E-state index in [2.05, 4.69) is 80.3 Å². The summed E-state index contributed by atoms with van der Waals surface area (Å²) >= 11 is -0.211. The molecule has 9 atom stereocenters. The first-order chi connectivity index (χ1) is 33.8. The minimum absolute atomic E-state index is 0.149. The van der Waals surface area contributed by atoms with Gasteiger partial charge in [-0.1, -0.05) is 60.7 Å². The number of ether oxygens (including phenoxy) is 8. The van der Waals surface area contributed by atoms with Gasteiger partial charge in [-0.25, -0.2) is 0 Å². The van der Waals surface area contributed by atoms with Crippen LogP contribution in [-0.4, -0.2) is 97.9 Å². The van der Waals surface area contributed by atoms with Gasteiger partial charge in [0.1, 0.15) is 0 Å². The van der Waals surface area contributed by atoms with E-state index in [1.807, 2.05) is 121 Å². The molecule has 10 nitrogen and oxygen atoms in total. The molecule has 2 aliphatic rings. The fourth-order valence-corrected chi connectivity index (χ4v) is 12.5. The third-order valence-corrected chi connectivity index (χ3v) is 16.1. The average Bonchev–Trinajstić information content (AvgIpc) is 3.39. The molecular weight excluding hydrogens is 952 g/mol. The molecule has 2 heterocycles. The minimum Gasteiger partial charge on any atom is -0.0622 e. The van der Waals surface area contributed by atoms with Crippen LogP contribution in [0.25, 0.3) is 0 Å². The molecule has 0 saturated carbocycles. The van der Waals surface area contributed by atoms with Gasteiger partial charge in [-0.15, -0.1) is 0 Å². The van der Waals surface area contributed by atoms with E-state index in [9.17, 15) is 0 Å². The van der Waals surface area contributed by atoms with E-state index in [-0.39, 0.29) is 28.2 Å².